The number of aromatic amines is 1. The van der Waals surface area contributed by atoms with Crippen molar-refractivity contribution in [2.75, 3.05) is 17.7 Å². The third-order valence-corrected chi connectivity index (χ3v) is 2.56. The van der Waals surface area contributed by atoms with E-state index in [2.05, 4.69) is 4.98 Å². The van der Waals surface area contributed by atoms with Crippen molar-refractivity contribution in [2.45, 2.75) is 6.42 Å². The van der Waals surface area contributed by atoms with Crippen LogP contribution in [0.15, 0.2) is 12.4 Å². The van der Waals surface area contributed by atoms with Crippen molar-refractivity contribution in [2.24, 2.45) is 0 Å². The van der Waals surface area contributed by atoms with Crippen molar-refractivity contribution < 1.29 is 8.42 Å². The van der Waals surface area contributed by atoms with Crippen LogP contribution in [0.4, 0.5) is 5.69 Å². The summed E-state index contributed by atoms with van der Waals surface area (Å²) in [4.78, 5) is 2.81. The first-order chi connectivity index (χ1) is 5.49. The summed E-state index contributed by atoms with van der Waals surface area (Å²) in [5.74, 6) is 0.148. The number of aryl methyl sites for hydroxylation is 1. The molecule has 4 nitrogen and oxygen atoms in total. The Hall–Kier alpha value is -0.970. The van der Waals surface area contributed by atoms with Gasteiger partial charge in [0, 0.05) is 18.6 Å². The van der Waals surface area contributed by atoms with E-state index < -0.39 is 9.84 Å². The minimum absolute atomic E-state index is 0.148. The van der Waals surface area contributed by atoms with Crippen LogP contribution in [-0.2, 0) is 16.3 Å². The largest absolute Gasteiger partial charge is 0.397 e. The predicted molar refractivity (Wildman–Crippen MR) is 48.6 cm³/mol. The Balaban J connectivity index is 2.61. The van der Waals surface area contributed by atoms with Gasteiger partial charge in [0.15, 0.2) is 0 Å². The minimum Gasteiger partial charge on any atom is -0.397 e. The fraction of sp³-hybridized carbons (Fsp3) is 0.429. The second kappa shape index (κ2) is 3.18. The molecule has 0 spiro atoms. The molecule has 68 valence electrons. The van der Waals surface area contributed by atoms with Gasteiger partial charge in [0.1, 0.15) is 9.84 Å². The van der Waals surface area contributed by atoms with Gasteiger partial charge in [0.25, 0.3) is 0 Å². The van der Waals surface area contributed by atoms with E-state index in [0.29, 0.717) is 12.1 Å². The van der Waals surface area contributed by atoms with Crippen molar-refractivity contribution >= 4 is 15.5 Å². The van der Waals surface area contributed by atoms with Crippen LogP contribution in [0.5, 0.6) is 0 Å². The summed E-state index contributed by atoms with van der Waals surface area (Å²) in [5.41, 5.74) is 7.03. The van der Waals surface area contributed by atoms with Gasteiger partial charge in [0.05, 0.1) is 11.4 Å². The fourth-order valence-corrected chi connectivity index (χ4v) is 1.51. The first kappa shape index (κ1) is 9.12. The highest BCUT2D eigenvalue weighted by Gasteiger charge is 2.05. The summed E-state index contributed by atoms with van der Waals surface area (Å²) in [6.45, 7) is 0. The van der Waals surface area contributed by atoms with E-state index in [1.165, 1.54) is 6.26 Å². The van der Waals surface area contributed by atoms with Gasteiger partial charge in [-0.1, -0.05) is 0 Å². The maximum absolute atomic E-state index is 10.8. The van der Waals surface area contributed by atoms with Gasteiger partial charge < -0.3 is 10.7 Å². The molecule has 1 heterocycles. The molecule has 0 radical (unpaired) electrons. The molecule has 5 heteroatoms. The van der Waals surface area contributed by atoms with Crippen molar-refractivity contribution in [1.29, 1.82) is 0 Å². The predicted octanol–water partition coefficient (Wildman–Crippen LogP) is 0.184. The Morgan fingerprint density at radius 1 is 1.50 bits per heavy atom. The highest BCUT2D eigenvalue weighted by Crippen LogP contribution is 2.10. The highest BCUT2D eigenvalue weighted by atomic mass is 32.2. The number of nitrogens with two attached hydrogens (primary N) is 1. The Morgan fingerprint density at radius 2 is 2.17 bits per heavy atom. The van der Waals surface area contributed by atoms with Gasteiger partial charge >= 0.3 is 0 Å². The number of nitrogen functional groups attached to an aromatic ring is 1. The summed E-state index contributed by atoms with van der Waals surface area (Å²) in [6.07, 6.45) is 5.07. The summed E-state index contributed by atoms with van der Waals surface area (Å²) in [6, 6.07) is 0. The average molecular weight is 188 g/mol. The zero-order valence-corrected chi connectivity index (χ0v) is 7.69. The molecule has 0 fully saturated rings. The second-order valence-electron chi connectivity index (χ2n) is 2.82. The van der Waals surface area contributed by atoms with Gasteiger partial charge in [-0.2, -0.15) is 0 Å². The molecule has 0 aliphatic rings. The number of nitrogens with one attached hydrogen (secondary N) is 1. The van der Waals surface area contributed by atoms with E-state index in [1.54, 1.807) is 12.4 Å². The monoisotopic (exact) mass is 188 g/mol. The number of H-pyrrole nitrogens is 1. The van der Waals surface area contributed by atoms with Crippen LogP contribution >= 0.6 is 0 Å². The molecule has 1 aromatic rings. The second-order valence-corrected chi connectivity index (χ2v) is 5.08. The van der Waals surface area contributed by atoms with Crippen LogP contribution in [0.25, 0.3) is 0 Å². The van der Waals surface area contributed by atoms with Gasteiger partial charge in [-0.25, -0.2) is 8.42 Å². The molecule has 1 aromatic heterocycles. The lowest BCUT2D eigenvalue weighted by atomic mass is 10.2. The lowest BCUT2D eigenvalue weighted by Crippen LogP contribution is -2.06. The molecule has 0 atom stereocenters. The molecule has 1 rings (SSSR count). The summed E-state index contributed by atoms with van der Waals surface area (Å²) in [5, 5.41) is 0. The number of anilines is 1. The van der Waals surface area contributed by atoms with Crippen molar-refractivity contribution in [3.8, 4) is 0 Å². The number of hydrogen-bond donors (Lipinski definition) is 2. The number of rotatable bonds is 3. The number of aromatic nitrogens is 1. The highest BCUT2D eigenvalue weighted by molar-refractivity contribution is 7.90. The third kappa shape index (κ3) is 2.58. The SMILES string of the molecule is CS(=O)(=O)CCc1c[nH]cc1N. The molecule has 0 saturated heterocycles. The zero-order chi connectivity index (χ0) is 9.19. The van der Waals surface area contributed by atoms with Crippen molar-refractivity contribution in [3.63, 3.8) is 0 Å². The van der Waals surface area contributed by atoms with Crippen molar-refractivity contribution in [1.82, 2.24) is 4.98 Å². The van der Waals surface area contributed by atoms with Crippen LogP contribution in [0.1, 0.15) is 5.56 Å². The number of sulfone groups is 1. The zero-order valence-electron chi connectivity index (χ0n) is 6.87. The Labute approximate surface area is 71.7 Å². The van der Waals surface area contributed by atoms with E-state index in [0.717, 1.165) is 5.56 Å². The molecule has 0 saturated carbocycles. The molecule has 12 heavy (non-hydrogen) atoms. The van der Waals surface area contributed by atoms with Crippen LogP contribution in [0.3, 0.4) is 0 Å². The van der Waals surface area contributed by atoms with Crippen LogP contribution in [0.2, 0.25) is 0 Å². The van der Waals surface area contributed by atoms with E-state index in [4.69, 9.17) is 5.73 Å². The smallest absolute Gasteiger partial charge is 0.147 e. The van der Waals surface area contributed by atoms with Gasteiger partial charge in [-0.15, -0.1) is 0 Å². The molecule has 0 unspecified atom stereocenters. The summed E-state index contributed by atoms with van der Waals surface area (Å²) >= 11 is 0. The molecule has 0 bridgehead atoms. The molecular weight excluding hydrogens is 176 g/mol. The molecule has 0 aliphatic heterocycles. The lowest BCUT2D eigenvalue weighted by Gasteiger charge is -1.97. The van der Waals surface area contributed by atoms with Crippen molar-refractivity contribution in [3.05, 3.63) is 18.0 Å². The molecule has 0 amide bonds. The van der Waals surface area contributed by atoms with Crippen LogP contribution < -0.4 is 5.73 Å². The fourth-order valence-electron chi connectivity index (χ4n) is 0.920. The Morgan fingerprint density at radius 3 is 2.58 bits per heavy atom. The standard InChI is InChI=1S/C7H12N2O2S/c1-12(10,11)3-2-6-4-9-5-7(6)8/h4-5,9H,2-3,8H2,1H3. The van der Waals surface area contributed by atoms with Gasteiger partial charge in [0.2, 0.25) is 0 Å². The first-order valence-electron chi connectivity index (χ1n) is 3.58. The van der Waals surface area contributed by atoms with E-state index >= 15 is 0 Å². The molecule has 0 aliphatic carbocycles. The topological polar surface area (TPSA) is 76.0 Å². The summed E-state index contributed by atoms with van der Waals surface area (Å²) in [7, 11) is -2.89. The van der Waals surface area contributed by atoms with E-state index in [9.17, 15) is 8.42 Å². The average Bonchev–Trinajstić information content (AvgIpc) is 2.29. The molecule has 3 N–H and O–H groups in total. The minimum atomic E-state index is -2.89. The molecule has 0 aromatic carbocycles. The van der Waals surface area contributed by atoms with Crippen LogP contribution in [0, 0.1) is 0 Å². The first-order valence-corrected chi connectivity index (χ1v) is 5.64. The van der Waals surface area contributed by atoms with Crippen LogP contribution in [-0.4, -0.2) is 25.4 Å². The maximum Gasteiger partial charge on any atom is 0.147 e. The normalized spacial score (nSPS) is 11.8. The van der Waals surface area contributed by atoms with Gasteiger partial charge in [-0.3, -0.25) is 0 Å². The van der Waals surface area contributed by atoms with E-state index in [-0.39, 0.29) is 5.75 Å². The maximum atomic E-state index is 10.8. The lowest BCUT2D eigenvalue weighted by molar-refractivity contribution is 0.601. The number of hydrogen-bond acceptors (Lipinski definition) is 3. The Kier molecular flexibility index (Phi) is 2.42. The molecular formula is C7H12N2O2S. The summed E-state index contributed by atoms with van der Waals surface area (Å²) < 4.78 is 21.6. The van der Waals surface area contributed by atoms with E-state index in [1.807, 2.05) is 0 Å². The quantitative estimate of drug-likeness (QED) is 0.710. The Bertz CT molecular complexity index is 353. The van der Waals surface area contributed by atoms with Gasteiger partial charge in [-0.05, 0) is 12.0 Å². The third-order valence-electron chi connectivity index (χ3n) is 1.61.